The molecule has 4 nitrogen and oxygen atoms in total. The highest BCUT2D eigenvalue weighted by molar-refractivity contribution is 7.15. The Labute approximate surface area is 119 Å². The average molecular weight is 281 g/mol. The molecule has 0 amide bonds. The molecule has 1 saturated heterocycles. The molecule has 1 atom stereocenters. The van der Waals surface area contributed by atoms with Gasteiger partial charge in [0.25, 0.3) is 0 Å². The summed E-state index contributed by atoms with van der Waals surface area (Å²) < 4.78 is 5.71. The van der Waals surface area contributed by atoms with Crippen LogP contribution in [0.3, 0.4) is 0 Å². The number of nitrogens with one attached hydrogen (secondary N) is 1. The maximum Gasteiger partial charge on any atom is 0.185 e. The summed E-state index contributed by atoms with van der Waals surface area (Å²) in [6.45, 7) is 2.84. The van der Waals surface area contributed by atoms with E-state index in [0.717, 1.165) is 30.7 Å². The van der Waals surface area contributed by atoms with Gasteiger partial charge >= 0.3 is 0 Å². The van der Waals surface area contributed by atoms with Crippen LogP contribution in [0.15, 0.2) is 0 Å². The largest absolute Gasteiger partial charge is 0.376 e. The molecule has 5 heteroatoms. The lowest BCUT2D eigenvalue weighted by atomic mass is 10.2. The van der Waals surface area contributed by atoms with Gasteiger partial charge in [-0.15, -0.1) is 11.3 Å². The summed E-state index contributed by atoms with van der Waals surface area (Å²) in [6, 6.07) is 0. The molecule has 1 N–H and O–H groups in total. The number of aromatic nitrogens is 1. The predicted molar refractivity (Wildman–Crippen MR) is 79.1 cm³/mol. The van der Waals surface area contributed by atoms with E-state index in [4.69, 9.17) is 9.72 Å². The van der Waals surface area contributed by atoms with E-state index in [2.05, 4.69) is 17.3 Å². The van der Waals surface area contributed by atoms with Gasteiger partial charge in [-0.2, -0.15) is 0 Å². The third kappa shape index (κ3) is 3.09. The first kappa shape index (κ1) is 13.3. The Hall–Kier alpha value is -0.650. The molecule has 1 aromatic rings. The first-order valence-corrected chi connectivity index (χ1v) is 8.06. The minimum Gasteiger partial charge on any atom is -0.376 e. The molecular formula is C14H23N3OS. The van der Waals surface area contributed by atoms with E-state index in [-0.39, 0.29) is 0 Å². The summed E-state index contributed by atoms with van der Waals surface area (Å²) >= 11 is 1.84. The van der Waals surface area contributed by atoms with Gasteiger partial charge in [-0.3, -0.25) is 0 Å². The molecule has 2 fully saturated rings. The molecule has 1 saturated carbocycles. The summed E-state index contributed by atoms with van der Waals surface area (Å²) in [5, 5.41) is 4.41. The zero-order valence-corrected chi connectivity index (χ0v) is 12.6. The predicted octanol–water partition coefficient (Wildman–Crippen LogP) is 2.36. The number of ether oxygens (including phenoxy) is 1. The van der Waals surface area contributed by atoms with Crippen molar-refractivity contribution in [1.82, 2.24) is 10.3 Å². The second-order valence-electron chi connectivity index (χ2n) is 5.63. The topological polar surface area (TPSA) is 37.4 Å². The van der Waals surface area contributed by atoms with Gasteiger partial charge in [0.1, 0.15) is 0 Å². The van der Waals surface area contributed by atoms with Crippen LogP contribution in [-0.2, 0) is 11.3 Å². The van der Waals surface area contributed by atoms with Gasteiger partial charge in [0.05, 0.1) is 11.8 Å². The van der Waals surface area contributed by atoms with Crippen LogP contribution in [0.25, 0.3) is 0 Å². The monoisotopic (exact) mass is 281 g/mol. The average Bonchev–Trinajstić information content (AvgIpc) is 2.95. The smallest absolute Gasteiger partial charge is 0.185 e. The summed E-state index contributed by atoms with van der Waals surface area (Å²) in [5.41, 5.74) is 1.34. The third-order valence-corrected chi connectivity index (χ3v) is 5.03. The molecule has 19 heavy (non-hydrogen) atoms. The molecule has 0 spiro atoms. The molecular weight excluding hydrogens is 258 g/mol. The summed E-state index contributed by atoms with van der Waals surface area (Å²) in [4.78, 5) is 8.57. The van der Waals surface area contributed by atoms with Gasteiger partial charge in [0, 0.05) is 37.5 Å². The van der Waals surface area contributed by atoms with E-state index in [1.165, 1.54) is 36.3 Å². The highest BCUT2D eigenvalue weighted by atomic mass is 32.1. The highest BCUT2D eigenvalue weighted by Crippen LogP contribution is 2.44. The molecule has 2 aliphatic rings. The van der Waals surface area contributed by atoms with Gasteiger partial charge in [0.2, 0.25) is 0 Å². The standard InChI is InChI=1S/C14H23N3OS/c1-15-8-12-13(10-5-6-10)16-14(19-12)17(2)9-11-4-3-7-18-11/h10-11,15H,3-9H2,1-2H3. The number of nitrogens with zero attached hydrogens (tertiary/aromatic N) is 2. The molecule has 0 aromatic carbocycles. The molecule has 1 aromatic heterocycles. The van der Waals surface area contributed by atoms with Crippen molar-refractivity contribution in [3.05, 3.63) is 10.6 Å². The van der Waals surface area contributed by atoms with Crippen molar-refractivity contribution in [1.29, 1.82) is 0 Å². The fourth-order valence-corrected chi connectivity index (χ4v) is 3.78. The van der Waals surface area contributed by atoms with Crippen molar-refractivity contribution in [2.75, 3.05) is 32.1 Å². The second kappa shape index (κ2) is 5.77. The fraction of sp³-hybridized carbons (Fsp3) is 0.786. The quantitative estimate of drug-likeness (QED) is 0.868. The van der Waals surface area contributed by atoms with Gasteiger partial charge in [-0.1, -0.05) is 0 Å². The Kier molecular flexibility index (Phi) is 4.05. The van der Waals surface area contributed by atoms with Crippen LogP contribution in [0.2, 0.25) is 0 Å². The van der Waals surface area contributed by atoms with Crippen molar-refractivity contribution in [2.24, 2.45) is 0 Å². The van der Waals surface area contributed by atoms with Crippen LogP contribution in [0.1, 0.15) is 42.2 Å². The lowest BCUT2D eigenvalue weighted by molar-refractivity contribution is 0.116. The van der Waals surface area contributed by atoms with Crippen molar-refractivity contribution >= 4 is 16.5 Å². The number of thiazole rings is 1. The van der Waals surface area contributed by atoms with Crippen molar-refractivity contribution in [2.45, 2.75) is 44.2 Å². The van der Waals surface area contributed by atoms with Crippen LogP contribution in [0, 0.1) is 0 Å². The van der Waals surface area contributed by atoms with E-state index in [0.29, 0.717) is 6.10 Å². The minimum atomic E-state index is 0.394. The van der Waals surface area contributed by atoms with E-state index in [9.17, 15) is 0 Å². The van der Waals surface area contributed by atoms with Gasteiger partial charge in [-0.05, 0) is 32.7 Å². The summed E-state index contributed by atoms with van der Waals surface area (Å²) in [7, 11) is 4.15. The molecule has 3 rings (SSSR count). The number of rotatable bonds is 6. The Morgan fingerprint density at radius 2 is 2.26 bits per heavy atom. The first-order chi connectivity index (χ1) is 9.28. The van der Waals surface area contributed by atoms with Crippen LogP contribution >= 0.6 is 11.3 Å². The maximum absolute atomic E-state index is 5.71. The number of hydrogen-bond acceptors (Lipinski definition) is 5. The second-order valence-corrected chi connectivity index (χ2v) is 6.69. The molecule has 1 aliphatic carbocycles. The van der Waals surface area contributed by atoms with Gasteiger partial charge < -0.3 is 15.0 Å². The molecule has 1 unspecified atom stereocenters. The lowest BCUT2D eigenvalue weighted by Crippen LogP contribution is -2.28. The maximum atomic E-state index is 5.71. The SMILES string of the molecule is CNCc1sc(N(C)CC2CCCO2)nc1C1CC1. The highest BCUT2D eigenvalue weighted by Gasteiger charge is 2.30. The van der Waals surface area contributed by atoms with Gasteiger partial charge in [0.15, 0.2) is 5.13 Å². The fourth-order valence-electron chi connectivity index (χ4n) is 2.65. The molecule has 0 radical (unpaired) electrons. The van der Waals surface area contributed by atoms with E-state index in [1.54, 1.807) is 0 Å². The zero-order chi connectivity index (χ0) is 13.2. The van der Waals surface area contributed by atoms with E-state index < -0.39 is 0 Å². The van der Waals surface area contributed by atoms with Crippen LogP contribution in [0.5, 0.6) is 0 Å². The van der Waals surface area contributed by atoms with Crippen LogP contribution < -0.4 is 10.2 Å². The zero-order valence-electron chi connectivity index (χ0n) is 11.8. The molecule has 1 aliphatic heterocycles. The summed E-state index contributed by atoms with van der Waals surface area (Å²) in [6.07, 6.45) is 5.42. The Bertz CT molecular complexity index is 424. The molecule has 2 heterocycles. The van der Waals surface area contributed by atoms with Crippen molar-refractivity contribution in [3.63, 3.8) is 0 Å². The molecule has 106 valence electrons. The van der Waals surface area contributed by atoms with Gasteiger partial charge in [-0.25, -0.2) is 4.98 Å². The van der Waals surface area contributed by atoms with Crippen LogP contribution in [0.4, 0.5) is 5.13 Å². The van der Waals surface area contributed by atoms with Crippen molar-refractivity contribution < 1.29 is 4.74 Å². The number of hydrogen-bond donors (Lipinski definition) is 1. The Morgan fingerprint density at radius 1 is 1.42 bits per heavy atom. The Morgan fingerprint density at radius 3 is 2.89 bits per heavy atom. The normalized spacial score (nSPS) is 22.9. The van der Waals surface area contributed by atoms with Crippen LogP contribution in [-0.4, -0.2) is 38.3 Å². The summed E-state index contributed by atoms with van der Waals surface area (Å²) in [5.74, 6) is 0.726. The number of likely N-dealkylation sites (N-methyl/N-ethyl adjacent to an activating group) is 1. The number of anilines is 1. The third-order valence-electron chi connectivity index (χ3n) is 3.85. The first-order valence-electron chi connectivity index (χ1n) is 7.25. The lowest BCUT2D eigenvalue weighted by Gasteiger charge is -2.19. The van der Waals surface area contributed by atoms with E-state index >= 15 is 0 Å². The van der Waals surface area contributed by atoms with Crippen molar-refractivity contribution in [3.8, 4) is 0 Å². The molecule has 0 bridgehead atoms. The minimum absolute atomic E-state index is 0.394. The Balaban J connectivity index is 1.70. The van der Waals surface area contributed by atoms with E-state index in [1.807, 2.05) is 18.4 Å².